The first kappa shape index (κ1) is 26.3. The molecule has 1 aliphatic rings. The van der Waals surface area contributed by atoms with Crippen LogP contribution in [0.3, 0.4) is 0 Å². The molecule has 0 bridgehead atoms. The Morgan fingerprint density at radius 2 is 1.76 bits per heavy atom. The third-order valence-corrected chi connectivity index (χ3v) is 5.37. The second kappa shape index (κ2) is 13.5. The molecule has 2 N–H and O–H groups in total. The molecule has 1 heterocycles. The molecule has 9 heteroatoms. The molecule has 2 aromatic rings. The van der Waals surface area contributed by atoms with Gasteiger partial charge in [-0.2, -0.15) is 18.4 Å². The minimum atomic E-state index is -5.08. The van der Waals surface area contributed by atoms with Crippen LogP contribution < -0.4 is 5.32 Å². The predicted octanol–water partition coefficient (Wildman–Crippen LogP) is 5.14. The van der Waals surface area contributed by atoms with Gasteiger partial charge in [-0.1, -0.05) is 56.0 Å². The van der Waals surface area contributed by atoms with Crippen molar-refractivity contribution in [3.05, 3.63) is 59.2 Å². The molecule has 178 valence electrons. The van der Waals surface area contributed by atoms with Gasteiger partial charge in [-0.25, -0.2) is 14.8 Å². The Morgan fingerprint density at radius 1 is 1.12 bits per heavy atom. The van der Waals surface area contributed by atoms with Gasteiger partial charge in [0.1, 0.15) is 6.07 Å². The van der Waals surface area contributed by atoms with Gasteiger partial charge >= 0.3 is 12.1 Å². The maximum atomic E-state index is 10.6. The zero-order valence-corrected chi connectivity index (χ0v) is 18.4. The Balaban J connectivity index is 0.000000479. The summed E-state index contributed by atoms with van der Waals surface area (Å²) in [6, 6.07) is 14.7. The molecule has 1 aliphatic carbocycles. The topological polar surface area (TPSA) is 98.9 Å². The number of carboxylic acids is 1. The number of carboxylic acid groups (broad SMARTS) is 1. The van der Waals surface area contributed by atoms with Gasteiger partial charge in [-0.15, -0.1) is 0 Å². The van der Waals surface area contributed by atoms with Gasteiger partial charge < -0.3 is 10.4 Å². The first-order valence-corrected chi connectivity index (χ1v) is 11.1. The molecule has 0 amide bonds. The molecule has 33 heavy (non-hydrogen) atoms. The Labute approximate surface area is 191 Å². The third-order valence-electron chi connectivity index (χ3n) is 5.37. The number of nitrogens with zero attached hydrogens (tertiary/aromatic N) is 3. The average molecular weight is 463 g/mol. The molecule has 1 fully saturated rings. The fourth-order valence-corrected chi connectivity index (χ4v) is 3.70. The fraction of sp³-hybridized carbons (Fsp3) is 0.500. The first-order chi connectivity index (χ1) is 15.8. The van der Waals surface area contributed by atoms with Crippen LogP contribution in [0.4, 0.5) is 13.2 Å². The summed E-state index contributed by atoms with van der Waals surface area (Å²) in [5.41, 5.74) is 3.40. The summed E-state index contributed by atoms with van der Waals surface area (Å²) in [4.78, 5) is 17.8. The second-order valence-electron chi connectivity index (χ2n) is 7.98. The van der Waals surface area contributed by atoms with Crippen LogP contribution in [0.1, 0.15) is 73.6 Å². The number of halogens is 3. The zero-order valence-electron chi connectivity index (χ0n) is 18.4. The van der Waals surface area contributed by atoms with Crippen molar-refractivity contribution in [2.45, 2.75) is 70.0 Å². The monoisotopic (exact) mass is 462 g/mol. The number of benzene rings is 1. The van der Waals surface area contributed by atoms with Crippen molar-refractivity contribution in [3.63, 3.8) is 0 Å². The molecule has 0 atom stereocenters. The molecular formula is C24H29F3N4O2. The average Bonchev–Trinajstić information content (AvgIpc) is 3.09. The van der Waals surface area contributed by atoms with Gasteiger partial charge in [0.15, 0.2) is 0 Å². The number of rotatable bonds is 7. The van der Waals surface area contributed by atoms with Crippen molar-refractivity contribution < 1.29 is 23.1 Å². The summed E-state index contributed by atoms with van der Waals surface area (Å²) in [5.74, 6) is -1.92. The summed E-state index contributed by atoms with van der Waals surface area (Å²) in [5, 5.41) is 19.9. The highest BCUT2D eigenvalue weighted by Crippen LogP contribution is 2.30. The van der Waals surface area contributed by atoms with E-state index in [1.54, 1.807) is 0 Å². The molecule has 6 nitrogen and oxygen atoms in total. The summed E-state index contributed by atoms with van der Waals surface area (Å²) >= 11 is 0. The molecular weight excluding hydrogens is 433 g/mol. The predicted molar refractivity (Wildman–Crippen MR) is 117 cm³/mol. The van der Waals surface area contributed by atoms with Crippen LogP contribution in [-0.2, 0) is 17.8 Å². The lowest BCUT2D eigenvalue weighted by Crippen LogP contribution is -2.21. The molecule has 1 aromatic carbocycles. The van der Waals surface area contributed by atoms with Crippen molar-refractivity contribution in [1.29, 1.82) is 5.26 Å². The smallest absolute Gasteiger partial charge is 0.475 e. The number of hydrogen-bond donors (Lipinski definition) is 2. The van der Waals surface area contributed by atoms with Crippen molar-refractivity contribution >= 4 is 5.97 Å². The number of carbonyl (C=O) groups is 1. The lowest BCUT2D eigenvalue weighted by atomic mass is 9.95. The van der Waals surface area contributed by atoms with E-state index in [-0.39, 0.29) is 0 Å². The second-order valence-corrected chi connectivity index (χ2v) is 7.98. The Hall–Kier alpha value is -2.99. The number of nitriles is 1. The minimum Gasteiger partial charge on any atom is -0.475 e. The molecule has 0 aliphatic heterocycles. The minimum absolute atomic E-state index is 0.332. The highest BCUT2D eigenvalue weighted by molar-refractivity contribution is 5.73. The Kier molecular flexibility index (Phi) is 10.8. The van der Waals surface area contributed by atoms with Crippen LogP contribution >= 0.6 is 0 Å². The number of alkyl halides is 3. The third kappa shape index (κ3) is 10.00. The summed E-state index contributed by atoms with van der Waals surface area (Å²) in [7, 11) is 0. The molecule has 0 saturated heterocycles. The molecule has 1 saturated carbocycles. The lowest BCUT2D eigenvalue weighted by molar-refractivity contribution is -0.192. The molecule has 3 rings (SSSR count). The summed E-state index contributed by atoms with van der Waals surface area (Å²) in [6.07, 6.45) is 4.40. The van der Waals surface area contributed by atoms with Crippen molar-refractivity contribution in [1.82, 2.24) is 15.3 Å². The van der Waals surface area contributed by atoms with E-state index in [0.717, 1.165) is 37.3 Å². The van der Waals surface area contributed by atoms with Crippen molar-refractivity contribution in [3.8, 4) is 6.07 Å². The first-order valence-electron chi connectivity index (χ1n) is 11.1. The Morgan fingerprint density at radius 3 is 2.33 bits per heavy atom. The highest BCUT2D eigenvalue weighted by Gasteiger charge is 2.38. The van der Waals surface area contributed by atoms with E-state index in [1.807, 2.05) is 6.07 Å². The quantitative estimate of drug-likeness (QED) is 0.437. The van der Waals surface area contributed by atoms with E-state index >= 15 is 0 Å². The van der Waals surface area contributed by atoms with Crippen molar-refractivity contribution in [2.24, 2.45) is 0 Å². The normalized spacial score (nSPS) is 14.5. The van der Waals surface area contributed by atoms with Crippen LogP contribution in [0.5, 0.6) is 0 Å². The van der Waals surface area contributed by atoms with E-state index in [9.17, 15) is 18.4 Å². The number of aromatic nitrogens is 2. The van der Waals surface area contributed by atoms with Gasteiger partial charge in [0, 0.05) is 23.9 Å². The number of hydrogen-bond acceptors (Lipinski definition) is 5. The Bertz CT molecular complexity index is 906. The van der Waals surface area contributed by atoms with E-state index in [2.05, 4.69) is 51.7 Å². The molecule has 1 aromatic heterocycles. The van der Waals surface area contributed by atoms with Crippen LogP contribution in [0.2, 0.25) is 0 Å². The van der Waals surface area contributed by atoms with E-state index < -0.39 is 12.1 Å². The maximum absolute atomic E-state index is 10.6. The largest absolute Gasteiger partial charge is 0.490 e. The summed E-state index contributed by atoms with van der Waals surface area (Å²) < 4.78 is 31.7. The van der Waals surface area contributed by atoms with E-state index in [1.165, 1.54) is 44.1 Å². The number of aryl methyl sites for hydroxylation is 1. The van der Waals surface area contributed by atoms with Crippen LogP contribution in [0.25, 0.3) is 0 Å². The standard InChI is InChI=1S/C22H28N4.C2HF3O2/c23-16-22-25-20(13-8-14-24-17-18-9-4-3-5-10-18)15-21(26-22)19-11-6-1-2-7-12-19;3-2(4,5)1(6)7/h3-5,9-10,15,19,24H,1-2,6-8,11-14,17H2;(H,6,7). The van der Waals surface area contributed by atoms with Gasteiger partial charge in [-0.3, -0.25) is 0 Å². The van der Waals surface area contributed by atoms with Crippen LogP contribution in [-0.4, -0.2) is 33.8 Å². The van der Waals surface area contributed by atoms with Gasteiger partial charge in [0.25, 0.3) is 0 Å². The highest BCUT2D eigenvalue weighted by atomic mass is 19.4. The maximum Gasteiger partial charge on any atom is 0.490 e. The van der Waals surface area contributed by atoms with Crippen molar-refractivity contribution in [2.75, 3.05) is 6.54 Å². The summed E-state index contributed by atoms with van der Waals surface area (Å²) in [6.45, 7) is 1.83. The zero-order chi connectivity index (χ0) is 24.1. The van der Waals surface area contributed by atoms with Gasteiger partial charge in [-0.05, 0) is 43.9 Å². The number of nitrogens with one attached hydrogen (secondary N) is 1. The molecule has 0 unspecified atom stereocenters. The van der Waals surface area contributed by atoms with Gasteiger partial charge in [0.2, 0.25) is 5.82 Å². The van der Waals surface area contributed by atoms with Gasteiger partial charge in [0.05, 0.1) is 0 Å². The molecule has 0 spiro atoms. The lowest BCUT2D eigenvalue weighted by Gasteiger charge is -2.14. The molecule has 0 radical (unpaired) electrons. The van der Waals surface area contributed by atoms with Crippen LogP contribution in [0, 0.1) is 11.3 Å². The van der Waals surface area contributed by atoms with E-state index in [4.69, 9.17) is 9.90 Å². The van der Waals surface area contributed by atoms with E-state index in [0.29, 0.717) is 11.7 Å². The fourth-order valence-electron chi connectivity index (χ4n) is 3.70. The SMILES string of the molecule is N#Cc1nc(CCCNCc2ccccc2)cc(C2CCCCCC2)n1.O=C(O)C(F)(F)F. The van der Waals surface area contributed by atoms with Crippen LogP contribution in [0.15, 0.2) is 36.4 Å². The number of aliphatic carboxylic acids is 1.